The third-order valence-corrected chi connectivity index (χ3v) is 3.07. The summed E-state index contributed by atoms with van der Waals surface area (Å²) in [4.78, 5) is 0. The molecule has 0 amide bonds. The lowest BCUT2D eigenvalue weighted by atomic mass is 10.1. The topological polar surface area (TPSA) is 113 Å². The van der Waals surface area contributed by atoms with Crippen molar-refractivity contribution < 1.29 is 32.1 Å². The molecule has 0 aliphatic carbocycles. The largest absolute Gasteiger partial charge is 0.490 e. The van der Waals surface area contributed by atoms with Gasteiger partial charge in [-0.1, -0.05) is 24.3 Å². The second-order valence-corrected chi connectivity index (χ2v) is 5.29. The number of fused-ring (bicyclic) bond motifs is 1. The van der Waals surface area contributed by atoms with E-state index < -0.39 is 23.1 Å². The van der Waals surface area contributed by atoms with Gasteiger partial charge >= 0.3 is 10.4 Å². The summed E-state index contributed by atoms with van der Waals surface area (Å²) in [6.45, 7) is -0.541. The van der Waals surface area contributed by atoms with Gasteiger partial charge in [0.15, 0.2) is 5.75 Å². The van der Waals surface area contributed by atoms with Crippen molar-refractivity contribution in [3.8, 4) is 11.5 Å². The van der Waals surface area contributed by atoms with Gasteiger partial charge in [0.1, 0.15) is 18.5 Å². The maximum atomic E-state index is 10.8. The van der Waals surface area contributed by atoms with E-state index in [9.17, 15) is 13.5 Å². The van der Waals surface area contributed by atoms with E-state index in [1.807, 2.05) is 0 Å². The first-order valence-corrected chi connectivity index (χ1v) is 7.37. The second kappa shape index (κ2) is 6.27. The molecule has 0 bridgehead atoms. The number of hydrogen-bond acceptors (Lipinski definition) is 6. The summed E-state index contributed by atoms with van der Waals surface area (Å²) in [7, 11) is -4.63. The molecule has 0 saturated heterocycles. The van der Waals surface area contributed by atoms with Gasteiger partial charge in [-0.15, -0.1) is 0 Å². The van der Waals surface area contributed by atoms with Crippen LogP contribution < -0.4 is 8.92 Å². The first kappa shape index (κ1) is 15.5. The SMILES string of the molecule is O=S(=O)(O)Oc1ccc(OC[C@@H](O)CO)c2ccccc12. The summed E-state index contributed by atoms with van der Waals surface area (Å²) in [6.07, 6.45) is -1.02. The molecule has 8 heteroatoms. The zero-order chi connectivity index (χ0) is 15.5. The highest BCUT2D eigenvalue weighted by molar-refractivity contribution is 7.81. The van der Waals surface area contributed by atoms with Gasteiger partial charge in [0.2, 0.25) is 0 Å². The van der Waals surface area contributed by atoms with Crippen LogP contribution in [0.1, 0.15) is 0 Å². The highest BCUT2D eigenvalue weighted by atomic mass is 32.3. The molecule has 0 aliphatic rings. The molecule has 7 nitrogen and oxygen atoms in total. The van der Waals surface area contributed by atoms with Crippen molar-refractivity contribution in [2.24, 2.45) is 0 Å². The van der Waals surface area contributed by atoms with Crippen LogP contribution in [0.25, 0.3) is 10.8 Å². The van der Waals surface area contributed by atoms with E-state index in [0.717, 1.165) is 0 Å². The van der Waals surface area contributed by atoms with E-state index in [1.165, 1.54) is 12.1 Å². The molecule has 21 heavy (non-hydrogen) atoms. The lowest BCUT2D eigenvalue weighted by Gasteiger charge is -2.13. The number of benzene rings is 2. The van der Waals surface area contributed by atoms with E-state index >= 15 is 0 Å². The fourth-order valence-electron chi connectivity index (χ4n) is 1.79. The molecule has 3 N–H and O–H groups in total. The van der Waals surface area contributed by atoms with Crippen molar-refractivity contribution in [1.29, 1.82) is 0 Å². The summed E-state index contributed by atoms with van der Waals surface area (Å²) in [5.41, 5.74) is 0. The summed E-state index contributed by atoms with van der Waals surface area (Å²) in [6, 6.07) is 9.45. The molecule has 2 aromatic rings. The Labute approximate surface area is 121 Å². The Morgan fingerprint density at radius 2 is 1.62 bits per heavy atom. The second-order valence-electron chi connectivity index (χ2n) is 4.27. The van der Waals surface area contributed by atoms with E-state index in [-0.39, 0.29) is 12.4 Å². The Hall–Kier alpha value is -1.87. The number of aliphatic hydroxyl groups is 2. The molecule has 2 aromatic carbocycles. The van der Waals surface area contributed by atoms with Crippen LogP contribution >= 0.6 is 0 Å². The molecule has 1 atom stereocenters. The van der Waals surface area contributed by atoms with Gasteiger partial charge in [-0.2, -0.15) is 8.42 Å². The Morgan fingerprint density at radius 1 is 1.05 bits per heavy atom. The van der Waals surface area contributed by atoms with Gasteiger partial charge in [0.25, 0.3) is 0 Å². The fraction of sp³-hybridized carbons (Fsp3) is 0.231. The molecule has 0 aromatic heterocycles. The van der Waals surface area contributed by atoms with E-state index in [2.05, 4.69) is 4.18 Å². The third kappa shape index (κ3) is 4.05. The van der Waals surface area contributed by atoms with Crippen LogP contribution in [0.15, 0.2) is 36.4 Å². The molecule has 0 spiro atoms. The zero-order valence-corrected chi connectivity index (χ0v) is 11.7. The Morgan fingerprint density at radius 3 is 2.19 bits per heavy atom. The molecule has 114 valence electrons. The number of hydrogen-bond donors (Lipinski definition) is 3. The minimum Gasteiger partial charge on any atom is -0.490 e. The minimum atomic E-state index is -4.63. The lowest BCUT2D eigenvalue weighted by molar-refractivity contribution is 0.0541. The first-order chi connectivity index (χ1) is 9.90. The zero-order valence-electron chi connectivity index (χ0n) is 10.8. The van der Waals surface area contributed by atoms with Crippen LogP contribution in [0, 0.1) is 0 Å². The fourth-order valence-corrected chi connectivity index (χ4v) is 2.17. The average Bonchev–Trinajstić information content (AvgIpc) is 2.44. The molecular formula is C13H14O7S. The average molecular weight is 314 g/mol. The molecule has 0 saturated carbocycles. The maximum Gasteiger partial charge on any atom is 0.446 e. The number of aliphatic hydroxyl groups excluding tert-OH is 2. The van der Waals surface area contributed by atoms with Gasteiger partial charge < -0.3 is 19.1 Å². The smallest absolute Gasteiger partial charge is 0.446 e. The predicted octanol–water partition coefficient (Wildman–Crippen LogP) is 0.753. The number of rotatable bonds is 6. The molecule has 0 unspecified atom stereocenters. The van der Waals surface area contributed by atoms with Crippen molar-refractivity contribution in [1.82, 2.24) is 0 Å². The van der Waals surface area contributed by atoms with E-state index in [4.69, 9.17) is 14.4 Å². The summed E-state index contributed by atoms with van der Waals surface area (Å²) in [5.74, 6) is 0.351. The van der Waals surface area contributed by atoms with Crippen molar-refractivity contribution in [2.45, 2.75) is 6.10 Å². The standard InChI is InChI=1S/C13H14O7S/c14-7-9(15)8-19-12-5-6-13(20-21(16,17)18)11-4-2-1-3-10(11)12/h1-6,9,14-15H,7-8H2,(H,16,17,18)/t9-/m0/s1. The molecular weight excluding hydrogens is 300 g/mol. The monoisotopic (exact) mass is 314 g/mol. The van der Waals surface area contributed by atoms with Crippen molar-refractivity contribution >= 4 is 21.2 Å². The van der Waals surface area contributed by atoms with Crippen LogP contribution in [-0.2, 0) is 10.4 Å². The van der Waals surface area contributed by atoms with Crippen molar-refractivity contribution in [2.75, 3.05) is 13.2 Å². The predicted molar refractivity (Wildman–Crippen MR) is 74.7 cm³/mol. The summed E-state index contributed by atoms with van der Waals surface area (Å²) in [5, 5.41) is 19.0. The highest BCUT2D eigenvalue weighted by Gasteiger charge is 2.13. The maximum absolute atomic E-state index is 10.8. The first-order valence-electron chi connectivity index (χ1n) is 6.01. The van der Waals surface area contributed by atoms with Crippen molar-refractivity contribution in [3.63, 3.8) is 0 Å². The van der Waals surface area contributed by atoms with Gasteiger partial charge in [-0.05, 0) is 12.1 Å². The quantitative estimate of drug-likeness (QED) is 0.674. The van der Waals surface area contributed by atoms with Crippen LogP contribution in [0.4, 0.5) is 0 Å². The van der Waals surface area contributed by atoms with Gasteiger partial charge in [-0.25, -0.2) is 0 Å². The molecule has 0 aliphatic heterocycles. The molecule has 0 fully saturated rings. The van der Waals surface area contributed by atoms with Crippen LogP contribution in [0.5, 0.6) is 11.5 Å². The number of ether oxygens (including phenoxy) is 1. The van der Waals surface area contributed by atoms with Gasteiger partial charge in [0, 0.05) is 10.8 Å². The van der Waals surface area contributed by atoms with E-state index in [0.29, 0.717) is 16.5 Å². The summed E-state index contributed by atoms with van der Waals surface area (Å²) >= 11 is 0. The van der Waals surface area contributed by atoms with Gasteiger partial charge in [0.05, 0.1) is 6.61 Å². The Kier molecular flexibility index (Phi) is 4.63. The Bertz CT molecular complexity index is 726. The molecule has 2 rings (SSSR count). The molecule has 0 heterocycles. The van der Waals surface area contributed by atoms with Crippen LogP contribution in [-0.4, -0.2) is 42.5 Å². The normalized spacial score (nSPS) is 13.1. The van der Waals surface area contributed by atoms with Crippen LogP contribution in [0.2, 0.25) is 0 Å². The highest BCUT2D eigenvalue weighted by Crippen LogP contribution is 2.33. The minimum absolute atomic E-state index is 0.0387. The summed E-state index contributed by atoms with van der Waals surface area (Å²) < 4.78 is 40.3. The Balaban J connectivity index is 2.40. The lowest BCUT2D eigenvalue weighted by Crippen LogP contribution is -2.21. The third-order valence-electron chi connectivity index (χ3n) is 2.68. The molecule has 0 radical (unpaired) electrons. The van der Waals surface area contributed by atoms with E-state index in [1.54, 1.807) is 24.3 Å². The van der Waals surface area contributed by atoms with Crippen molar-refractivity contribution in [3.05, 3.63) is 36.4 Å². The van der Waals surface area contributed by atoms with Gasteiger partial charge in [-0.3, -0.25) is 4.55 Å². The van der Waals surface area contributed by atoms with Crippen LogP contribution in [0.3, 0.4) is 0 Å².